The predicted octanol–water partition coefficient (Wildman–Crippen LogP) is 7.51. The third kappa shape index (κ3) is 5.91. The van der Waals surface area contributed by atoms with Gasteiger partial charge in [-0.1, -0.05) is 57.2 Å². The molecule has 0 fully saturated rings. The van der Waals surface area contributed by atoms with Crippen LogP contribution in [0.2, 0.25) is 0 Å². The lowest BCUT2D eigenvalue weighted by Gasteiger charge is -2.40. The number of benzene rings is 2. The van der Waals surface area contributed by atoms with Gasteiger partial charge in [0.2, 0.25) is 0 Å². The molecule has 36 heavy (non-hydrogen) atoms. The van der Waals surface area contributed by atoms with E-state index < -0.39 is 33.0 Å². The molecule has 0 saturated heterocycles. The molecular formula is C25H24F5N3O2S. The average molecular weight is 526 g/mol. The average Bonchev–Trinajstić information content (AvgIpc) is 2.82. The second-order valence-corrected chi connectivity index (χ2v) is 10.4. The van der Waals surface area contributed by atoms with Crippen LogP contribution in [0.1, 0.15) is 29.7 Å². The van der Waals surface area contributed by atoms with Crippen LogP contribution in [0.4, 0.5) is 30.8 Å². The van der Waals surface area contributed by atoms with E-state index in [0.29, 0.717) is 12.1 Å². The lowest BCUT2D eigenvalue weighted by atomic mass is 10.0. The lowest BCUT2D eigenvalue weighted by Crippen LogP contribution is -2.41. The van der Waals surface area contributed by atoms with Crippen molar-refractivity contribution in [1.82, 2.24) is 4.98 Å². The molecule has 0 radical (unpaired) electrons. The maximum absolute atomic E-state index is 13.6. The Morgan fingerprint density at radius 1 is 1.06 bits per heavy atom. The molecular weight excluding hydrogens is 501 g/mol. The molecule has 0 aliphatic carbocycles. The smallest absolute Gasteiger partial charge is 0.310 e. The Balaban J connectivity index is 2.15. The van der Waals surface area contributed by atoms with Crippen LogP contribution in [0.3, 0.4) is 0 Å². The van der Waals surface area contributed by atoms with E-state index in [4.69, 9.17) is 0 Å². The van der Waals surface area contributed by atoms with Crippen LogP contribution in [-0.2, 0) is 16.0 Å². The van der Waals surface area contributed by atoms with Gasteiger partial charge in [-0.3, -0.25) is 19.5 Å². The molecule has 1 aromatic heterocycles. The lowest BCUT2D eigenvalue weighted by molar-refractivity contribution is -0.121. The van der Waals surface area contributed by atoms with Crippen molar-refractivity contribution in [2.75, 3.05) is 10.2 Å². The third-order valence-electron chi connectivity index (χ3n) is 5.47. The van der Waals surface area contributed by atoms with Crippen molar-refractivity contribution in [2.24, 2.45) is 0 Å². The second-order valence-electron chi connectivity index (χ2n) is 8.02. The van der Waals surface area contributed by atoms with Gasteiger partial charge < -0.3 is 5.32 Å². The summed E-state index contributed by atoms with van der Waals surface area (Å²) in [6, 6.07) is 8.90. The highest BCUT2D eigenvalue weighted by molar-refractivity contribution is 8.45. The number of carbonyl (C=O) groups is 2. The molecule has 2 amide bonds. The molecule has 1 atom stereocenters. The number of aryl methyl sites for hydroxylation is 2. The molecule has 1 unspecified atom stereocenters. The molecule has 0 aliphatic rings. The second kappa shape index (κ2) is 9.05. The number of aromatic nitrogens is 1. The summed E-state index contributed by atoms with van der Waals surface area (Å²) in [7, 11) is -9.94. The number of pyridine rings is 1. The molecule has 192 valence electrons. The standard InChI is InChI=1S/C25H24F5N3O2S/c1-4-18-9-6-8-17(3)23(18)32-25(35)24(19-10-7-15-31-16-19)33(22(34)5-2)20-11-13-21(14-12-20)36(26,27,28,29)30/h5-16,24H,2,4H2,1,3H3,(H,32,35). The van der Waals surface area contributed by atoms with E-state index >= 15 is 0 Å². The first kappa shape index (κ1) is 26.9. The molecule has 0 bridgehead atoms. The number of anilines is 2. The van der Waals surface area contributed by atoms with Gasteiger partial charge in [0.15, 0.2) is 0 Å². The minimum absolute atomic E-state index is 0.189. The van der Waals surface area contributed by atoms with Gasteiger partial charge in [-0.05, 0) is 60.9 Å². The van der Waals surface area contributed by atoms with E-state index in [2.05, 4.69) is 16.9 Å². The number of nitrogens with zero attached hydrogens (tertiary/aromatic N) is 2. The molecule has 2 aromatic carbocycles. The Kier molecular flexibility index (Phi) is 6.75. The molecule has 3 aromatic rings. The van der Waals surface area contributed by atoms with Crippen molar-refractivity contribution in [3.8, 4) is 0 Å². The van der Waals surface area contributed by atoms with Crippen LogP contribution in [0.5, 0.6) is 0 Å². The molecule has 0 aliphatic heterocycles. The molecule has 11 heteroatoms. The topological polar surface area (TPSA) is 62.3 Å². The minimum Gasteiger partial charge on any atom is -0.323 e. The Morgan fingerprint density at radius 3 is 2.25 bits per heavy atom. The Bertz CT molecular complexity index is 1300. The van der Waals surface area contributed by atoms with E-state index in [1.807, 2.05) is 19.1 Å². The first-order valence-corrected chi connectivity index (χ1v) is 12.7. The van der Waals surface area contributed by atoms with Gasteiger partial charge in [0.1, 0.15) is 10.9 Å². The van der Waals surface area contributed by atoms with Crippen LogP contribution >= 0.6 is 10.2 Å². The zero-order chi connectivity index (χ0) is 26.8. The van der Waals surface area contributed by atoms with E-state index in [1.165, 1.54) is 24.5 Å². The summed E-state index contributed by atoms with van der Waals surface area (Å²) in [6.45, 7) is 7.10. The monoisotopic (exact) mass is 525 g/mol. The summed E-state index contributed by atoms with van der Waals surface area (Å²) < 4.78 is 66.2. The first-order valence-electron chi connectivity index (χ1n) is 10.8. The van der Waals surface area contributed by atoms with Crippen LogP contribution in [-0.4, -0.2) is 16.8 Å². The van der Waals surface area contributed by atoms with Gasteiger partial charge in [0.25, 0.3) is 11.8 Å². The van der Waals surface area contributed by atoms with Gasteiger partial charge in [-0.15, -0.1) is 0 Å². The summed E-state index contributed by atoms with van der Waals surface area (Å²) in [6.07, 6.45) is 4.24. The number of hydrogen-bond acceptors (Lipinski definition) is 3. The van der Waals surface area contributed by atoms with Crippen molar-refractivity contribution in [1.29, 1.82) is 0 Å². The fourth-order valence-electron chi connectivity index (χ4n) is 3.71. The van der Waals surface area contributed by atoms with E-state index in [-0.39, 0.29) is 23.4 Å². The highest BCUT2D eigenvalue weighted by Crippen LogP contribution is 3.02. The quantitative estimate of drug-likeness (QED) is 0.245. The van der Waals surface area contributed by atoms with Crippen molar-refractivity contribution >= 4 is 33.4 Å². The number of hydrogen-bond donors (Lipinski definition) is 1. The van der Waals surface area contributed by atoms with Crippen LogP contribution in [0.15, 0.2) is 84.5 Å². The number of amides is 2. The van der Waals surface area contributed by atoms with Crippen molar-refractivity contribution in [2.45, 2.75) is 31.2 Å². The predicted molar refractivity (Wildman–Crippen MR) is 132 cm³/mol. The molecule has 1 heterocycles. The van der Waals surface area contributed by atoms with Crippen LogP contribution in [0.25, 0.3) is 0 Å². The number of halogens is 5. The fourth-order valence-corrected chi connectivity index (χ4v) is 4.37. The zero-order valence-corrected chi connectivity index (χ0v) is 20.2. The van der Waals surface area contributed by atoms with E-state index in [9.17, 15) is 29.0 Å². The van der Waals surface area contributed by atoms with Crippen LogP contribution in [0, 0.1) is 6.92 Å². The normalized spacial score (nSPS) is 14.2. The zero-order valence-electron chi connectivity index (χ0n) is 19.4. The Morgan fingerprint density at radius 2 is 1.72 bits per heavy atom. The number of para-hydroxylation sites is 1. The molecule has 0 saturated carbocycles. The fraction of sp³-hybridized carbons (Fsp3) is 0.160. The summed E-state index contributed by atoms with van der Waals surface area (Å²) in [5.41, 5.74) is 2.15. The SMILES string of the molecule is C=CC(=O)N(c1ccc(S(F)(F)(F)(F)F)cc1)C(C(=O)Nc1c(C)cccc1CC)c1cccnc1. The maximum Gasteiger partial charge on any atom is 0.310 e. The van der Waals surface area contributed by atoms with E-state index in [1.54, 1.807) is 13.0 Å². The number of carbonyl (C=O) groups excluding carboxylic acids is 2. The third-order valence-corrected chi connectivity index (χ3v) is 6.63. The van der Waals surface area contributed by atoms with Crippen molar-refractivity contribution in [3.63, 3.8) is 0 Å². The van der Waals surface area contributed by atoms with Gasteiger partial charge in [0, 0.05) is 29.3 Å². The number of nitrogens with one attached hydrogen (secondary N) is 1. The largest absolute Gasteiger partial charge is 0.323 e. The Labute approximate surface area is 205 Å². The minimum atomic E-state index is -9.94. The molecule has 5 nitrogen and oxygen atoms in total. The van der Waals surface area contributed by atoms with Gasteiger partial charge in [-0.2, -0.15) is 0 Å². The van der Waals surface area contributed by atoms with Crippen molar-refractivity contribution in [3.05, 3.63) is 96.3 Å². The first-order chi connectivity index (χ1) is 16.7. The molecule has 1 N–H and O–H groups in total. The van der Waals surface area contributed by atoms with Crippen LogP contribution < -0.4 is 10.2 Å². The van der Waals surface area contributed by atoms with Crippen molar-refractivity contribution < 1.29 is 29.0 Å². The highest BCUT2D eigenvalue weighted by atomic mass is 32.5. The highest BCUT2D eigenvalue weighted by Gasteiger charge is 2.65. The number of rotatable bonds is 8. The van der Waals surface area contributed by atoms with Gasteiger partial charge in [0.05, 0.1) is 0 Å². The summed E-state index contributed by atoms with van der Waals surface area (Å²) >= 11 is 0. The summed E-state index contributed by atoms with van der Waals surface area (Å²) in [5, 5.41) is 2.82. The maximum atomic E-state index is 13.6. The Hall–Kier alpha value is -3.73. The molecule has 0 spiro atoms. The van der Waals surface area contributed by atoms with Gasteiger partial charge in [-0.25, -0.2) is 0 Å². The summed E-state index contributed by atoms with van der Waals surface area (Å²) in [4.78, 5) is 29.3. The van der Waals surface area contributed by atoms with Gasteiger partial charge >= 0.3 is 10.2 Å². The molecule has 3 rings (SSSR count). The van der Waals surface area contributed by atoms with E-state index in [0.717, 1.165) is 34.2 Å². The summed E-state index contributed by atoms with van der Waals surface area (Å²) in [5.74, 6) is -1.52.